The van der Waals surface area contributed by atoms with E-state index >= 15 is 0 Å². The monoisotopic (exact) mass is 866 g/mol. The maximum absolute atomic E-state index is 6.95. The predicted molar refractivity (Wildman–Crippen MR) is 277 cm³/mol. The topological polar surface area (TPSA) is 19.1 Å². The van der Waals surface area contributed by atoms with E-state index in [1.807, 2.05) is 22.7 Å². The van der Waals surface area contributed by atoms with Crippen molar-refractivity contribution in [2.24, 2.45) is 0 Å². The van der Waals surface area contributed by atoms with Crippen LogP contribution in [0.3, 0.4) is 0 Å². The number of nitrogens with zero attached hydrogens (tertiary/aromatic N) is 2. The number of benzene rings is 9. The van der Waals surface area contributed by atoms with Crippen LogP contribution < -0.4 is 4.74 Å². The summed E-state index contributed by atoms with van der Waals surface area (Å²) in [5.41, 5.74) is 12.1. The van der Waals surface area contributed by atoms with Gasteiger partial charge in [0.05, 0.1) is 16.6 Å². The number of fused-ring (bicyclic) bond motifs is 12. The Morgan fingerprint density at radius 2 is 0.938 bits per heavy atom. The summed E-state index contributed by atoms with van der Waals surface area (Å²) in [5, 5.41) is 8.77. The van der Waals surface area contributed by atoms with Crippen LogP contribution in [0.2, 0.25) is 0 Å². The number of hydrogen-bond donors (Lipinski definition) is 0. The Morgan fingerprint density at radius 1 is 0.400 bits per heavy atom. The number of allylic oxidation sites excluding steroid dienone is 1. The Labute approximate surface area is 382 Å². The standard InChI is InChI=1S/C60H38N2OS2/c1-3-11-37(12-4-1)39-19-25-53-47(31-39)49-35-43(23-27-55(49)61(53)41-21-29-59-51(33-41)45-15-7-9-17-57(45)64-59)63-44-24-28-56-50(36-44)48-32-40(38-13-5-2-6-14-38)20-26-54(48)62(56)42-22-30-60-52(34-42)46-16-8-10-18-58(46)65-60/h1-31,33-36,40H,32H2. The van der Waals surface area contributed by atoms with Crippen LogP contribution >= 0.6 is 22.7 Å². The molecule has 1 atom stereocenters. The van der Waals surface area contributed by atoms with E-state index in [1.165, 1.54) is 95.8 Å². The van der Waals surface area contributed by atoms with Crippen LogP contribution in [0.1, 0.15) is 22.7 Å². The molecule has 0 amide bonds. The van der Waals surface area contributed by atoms with E-state index in [4.69, 9.17) is 4.74 Å². The van der Waals surface area contributed by atoms with E-state index in [0.29, 0.717) is 0 Å². The lowest BCUT2D eigenvalue weighted by Crippen LogP contribution is -2.07. The first-order valence-corrected chi connectivity index (χ1v) is 23.9. The summed E-state index contributed by atoms with van der Waals surface area (Å²) in [6.45, 7) is 0. The summed E-state index contributed by atoms with van der Waals surface area (Å²) >= 11 is 3.72. The quantitative estimate of drug-likeness (QED) is 0.163. The summed E-state index contributed by atoms with van der Waals surface area (Å²) < 4.78 is 17.1. The molecule has 0 N–H and O–H groups in total. The van der Waals surface area contributed by atoms with Gasteiger partial charge in [0.15, 0.2) is 0 Å². The molecule has 13 aromatic rings. The van der Waals surface area contributed by atoms with Crippen LogP contribution in [0, 0.1) is 0 Å². The van der Waals surface area contributed by atoms with Gasteiger partial charge in [0.2, 0.25) is 0 Å². The summed E-state index contributed by atoms with van der Waals surface area (Å²) in [6.07, 6.45) is 5.64. The molecule has 14 rings (SSSR count). The largest absolute Gasteiger partial charge is 0.457 e. The highest BCUT2D eigenvalue weighted by Gasteiger charge is 2.25. The highest BCUT2D eigenvalue weighted by molar-refractivity contribution is 7.26. The molecule has 3 nitrogen and oxygen atoms in total. The Kier molecular flexibility index (Phi) is 8.15. The molecular formula is C60H38N2OS2. The van der Waals surface area contributed by atoms with Gasteiger partial charge in [0, 0.05) is 79.5 Å². The zero-order valence-corrected chi connectivity index (χ0v) is 36.7. The van der Waals surface area contributed by atoms with E-state index in [-0.39, 0.29) is 5.92 Å². The normalized spacial score (nSPS) is 13.9. The predicted octanol–water partition coefficient (Wildman–Crippen LogP) is 17.3. The molecule has 65 heavy (non-hydrogen) atoms. The fourth-order valence-electron chi connectivity index (χ4n) is 10.5. The number of thiophene rings is 2. The van der Waals surface area contributed by atoms with Gasteiger partial charge in [0.1, 0.15) is 11.5 Å². The van der Waals surface area contributed by atoms with Crippen molar-refractivity contribution in [2.75, 3.05) is 0 Å². The van der Waals surface area contributed by atoms with Gasteiger partial charge in [-0.05, 0) is 132 Å². The maximum Gasteiger partial charge on any atom is 0.128 e. The van der Waals surface area contributed by atoms with E-state index in [9.17, 15) is 0 Å². The maximum atomic E-state index is 6.95. The number of hydrogen-bond acceptors (Lipinski definition) is 3. The SMILES string of the molecule is C1=CC(c2ccccc2)Cc2c1n(-c1ccc3sc4ccccc4c3c1)c1ccc(Oc3ccc4c(c3)c3cc(-c5ccccc5)ccc3n4-c3ccc4sc5ccccc5c4c3)cc21. The lowest BCUT2D eigenvalue weighted by molar-refractivity contribution is 0.484. The zero-order valence-electron chi connectivity index (χ0n) is 35.1. The molecule has 0 aliphatic heterocycles. The molecule has 1 unspecified atom stereocenters. The minimum absolute atomic E-state index is 0.287. The summed E-state index contributed by atoms with van der Waals surface area (Å²) in [7, 11) is 0. The second kappa shape index (κ2) is 14.4. The molecule has 0 bridgehead atoms. The average Bonchev–Trinajstić information content (AvgIpc) is 4.11. The van der Waals surface area contributed by atoms with Crippen molar-refractivity contribution < 1.29 is 4.74 Å². The molecule has 0 saturated heterocycles. The molecule has 0 saturated carbocycles. The van der Waals surface area contributed by atoms with Gasteiger partial charge in [-0.1, -0.05) is 109 Å². The van der Waals surface area contributed by atoms with Gasteiger partial charge in [-0.3, -0.25) is 0 Å². The molecule has 1 aliphatic rings. The molecule has 9 aromatic carbocycles. The highest BCUT2D eigenvalue weighted by atomic mass is 32.1. The Morgan fingerprint density at radius 3 is 1.62 bits per heavy atom. The molecule has 4 heterocycles. The van der Waals surface area contributed by atoms with Gasteiger partial charge in [-0.25, -0.2) is 0 Å². The van der Waals surface area contributed by atoms with E-state index in [1.54, 1.807) is 0 Å². The Hall–Kier alpha value is -7.70. The van der Waals surface area contributed by atoms with Crippen LogP contribution in [0.25, 0.3) is 102 Å². The van der Waals surface area contributed by atoms with Crippen molar-refractivity contribution in [3.8, 4) is 34.0 Å². The van der Waals surface area contributed by atoms with Crippen molar-refractivity contribution in [1.82, 2.24) is 9.13 Å². The van der Waals surface area contributed by atoms with E-state index in [2.05, 4.69) is 221 Å². The molecular weight excluding hydrogens is 829 g/mol. The summed E-state index contributed by atoms with van der Waals surface area (Å²) in [4.78, 5) is 0. The van der Waals surface area contributed by atoms with Crippen molar-refractivity contribution >= 4 is 102 Å². The first-order chi connectivity index (χ1) is 32.2. The third-order valence-electron chi connectivity index (χ3n) is 13.5. The highest BCUT2D eigenvalue weighted by Crippen LogP contribution is 2.44. The van der Waals surface area contributed by atoms with Gasteiger partial charge < -0.3 is 13.9 Å². The molecule has 1 aliphatic carbocycles. The van der Waals surface area contributed by atoms with Crippen LogP contribution in [-0.4, -0.2) is 9.13 Å². The average molecular weight is 867 g/mol. The van der Waals surface area contributed by atoms with Crippen molar-refractivity contribution in [3.05, 3.63) is 223 Å². The van der Waals surface area contributed by atoms with Crippen LogP contribution in [-0.2, 0) is 6.42 Å². The fraction of sp³-hybridized carbons (Fsp3) is 0.0333. The summed E-state index contributed by atoms with van der Waals surface area (Å²) in [5.74, 6) is 1.92. The lowest BCUT2D eigenvalue weighted by atomic mass is 9.87. The molecule has 306 valence electrons. The van der Waals surface area contributed by atoms with Gasteiger partial charge in [-0.15, -0.1) is 22.7 Å². The second-order valence-corrected chi connectivity index (χ2v) is 19.4. The van der Waals surface area contributed by atoms with Crippen molar-refractivity contribution in [3.63, 3.8) is 0 Å². The van der Waals surface area contributed by atoms with E-state index in [0.717, 1.165) is 34.5 Å². The second-order valence-electron chi connectivity index (χ2n) is 17.2. The Bertz CT molecular complexity index is 4070. The molecule has 0 radical (unpaired) electrons. The fourth-order valence-corrected chi connectivity index (χ4v) is 12.7. The van der Waals surface area contributed by atoms with Crippen molar-refractivity contribution in [2.45, 2.75) is 12.3 Å². The van der Waals surface area contributed by atoms with Gasteiger partial charge in [0.25, 0.3) is 0 Å². The third kappa shape index (κ3) is 5.86. The number of rotatable bonds is 6. The van der Waals surface area contributed by atoms with Gasteiger partial charge >= 0.3 is 0 Å². The van der Waals surface area contributed by atoms with Crippen LogP contribution in [0.4, 0.5) is 0 Å². The van der Waals surface area contributed by atoms with Gasteiger partial charge in [-0.2, -0.15) is 0 Å². The first-order valence-electron chi connectivity index (χ1n) is 22.2. The Balaban J connectivity index is 0.913. The van der Waals surface area contributed by atoms with E-state index < -0.39 is 0 Å². The number of aromatic nitrogens is 2. The number of ether oxygens (including phenoxy) is 1. The van der Waals surface area contributed by atoms with Crippen LogP contribution in [0.15, 0.2) is 206 Å². The molecule has 5 heteroatoms. The van der Waals surface area contributed by atoms with Crippen LogP contribution in [0.5, 0.6) is 11.5 Å². The van der Waals surface area contributed by atoms with Crippen molar-refractivity contribution in [1.29, 1.82) is 0 Å². The zero-order chi connectivity index (χ0) is 42.6. The smallest absolute Gasteiger partial charge is 0.128 e. The molecule has 0 spiro atoms. The molecule has 0 fully saturated rings. The minimum atomic E-state index is 0.287. The lowest BCUT2D eigenvalue weighted by Gasteiger charge is -2.19. The third-order valence-corrected chi connectivity index (χ3v) is 15.8. The molecule has 4 aromatic heterocycles. The summed E-state index contributed by atoms with van der Waals surface area (Å²) in [6, 6.07) is 73.1. The minimum Gasteiger partial charge on any atom is -0.457 e. The first kappa shape index (κ1) is 36.8.